The first-order valence-electron chi connectivity index (χ1n) is 5.75. The van der Waals surface area contributed by atoms with Gasteiger partial charge in [0.25, 0.3) is 0 Å². The first-order chi connectivity index (χ1) is 7.86. The predicted molar refractivity (Wildman–Crippen MR) is 70.1 cm³/mol. The van der Waals surface area contributed by atoms with Crippen LogP contribution in [-0.2, 0) is 6.54 Å². The lowest BCUT2D eigenvalue weighted by molar-refractivity contribution is 0.631. The highest BCUT2D eigenvalue weighted by Crippen LogP contribution is 2.04. The summed E-state index contributed by atoms with van der Waals surface area (Å²) in [7, 11) is 0. The molecule has 0 atom stereocenters. The minimum absolute atomic E-state index is 0. The molecule has 6 heteroatoms. The van der Waals surface area contributed by atoms with Gasteiger partial charge in [0.1, 0.15) is 5.52 Å². The van der Waals surface area contributed by atoms with Gasteiger partial charge >= 0.3 is 0 Å². The summed E-state index contributed by atoms with van der Waals surface area (Å²) in [5.41, 5.74) is 2.62. The maximum Gasteiger partial charge on any atom is 0.176 e. The lowest BCUT2D eigenvalue weighted by Crippen LogP contribution is -2.14. The molecule has 17 heavy (non-hydrogen) atoms. The second-order valence-electron chi connectivity index (χ2n) is 3.69. The summed E-state index contributed by atoms with van der Waals surface area (Å²) in [6.07, 6.45) is 5.83. The average Bonchev–Trinajstić information content (AvgIpc) is 2.78. The largest absolute Gasteiger partial charge is 0.340 e. The summed E-state index contributed by atoms with van der Waals surface area (Å²) < 4.78 is 2.07. The van der Waals surface area contributed by atoms with Gasteiger partial charge in [-0.1, -0.05) is 13.3 Å². The Morgan fingerprint density at radius 1 is 1.35 bits per heavy atom. The van der Waals surface area contributed by atoms with Crippen molar-refractivity contribution in [1.82, 2.24) is 19.5 Å². The molecule has 0 aromatic carbocycles. The Hall–Kier alpha value is -1.36. The van der Waals surface area contributed by atoms with Crippen molar-refractivity contribution in [2.75, 3.05) is 6.54 Å². The quantitative estimate of drug-likeness (QED) is 0.907. The highest BCUT2D eigenvalue weighted by atomic mass is 35.5. The molecule has 2 aromatic rings. The zero-order valence-electron chi connectivity index (χ0n) is 10.2. The number of rotatable bonds is 4. The highest BCUT2D eigenvalue weighted by Gasteiger charge is 2.03. The number of nitrogens with zero attached hydrogens (tertiary/aromatic N) is 4. The van der Waals surface area contributed by atoms with E-state index in [-0.39, 0.29) is 12.4 Å². The van der Waals surface area contributed by atoms with Crippen molar-refractivity contribution in [3.8, 4) is 0 Å². The van der Waals surface area contributed by atoms with E-state index in [2.05, 4.69) is 31.4 Å². The van der Waals surface area contributed by atoms with Crippen molar-refractivity contribution in [2.45, 2.75) is 33.2 Å². The zero-order chi connectivity index (χ0) is 11.4. The van der Waals surface area contributed by atoms with Gasteiger partial charge in [0.05, 0.1) is 12.7 Å². The van der Waals surface area contributed by atoms with Crippen molar-refractivity contribution in [2.24, 2.45) is 4.99 Å². The molecule has 2 heterocycles. The van der Waals surface area contributed by atoms with E-state index in [1.165, 1.54) is 6.42 Å². The Labute approximate surface area is 106 Å². The highest BCUT2D eigenvalue weighted by molar-refractivity contribution is 5.85. The van der Waals surface area contributed by atoms with Crippen LogP contribution in [0.2, 0.25) is 0 Å². The van der Waals surface area contributed by atoms with Gasteiger partial charge in [0.2, 0.25) is 0 Å². The smallest absolute Gasteiger partial charge is 0.176 e. The summed E-state index contributed by atoms with van der Waals surface area (Å²) in [5.74, 6) is 0. The Kier molecular flexibility index (Phi) is 5.15. The molecular weight excluding hydrogens is 238 g/mol. The van der Waals surface area contributed by atoms with Gasteiger partial charge in [-0.15, -0.1) is 12.4 Å². The van der Waals surface area contributed by atoms with Crippen molar-refractivity contribution < 1.29 is 0 Å². The fraction of sp³-hybridized carbons (Fsp3) is 0.545. The Morgan fingerprint density at radius 2 is 2.18 bits per heavy atom. The summed E-state index contributed by atoms with van der Waals surface area (Å²) in [5, 5.41) is 0. The minimum atomic E-state index is 0. The van der Waals surface area contributed by atoms with E-state index in [4.69, 9.17) is 0 Å². The van der Waals surface area contributed by atoms with E-state index in [9.17, 15) is 0 Å². The van der Waals surface area contributed by atoms with E-state index in [0.29, 0.717) is 0 Å². The molecule has 0 aliphatic carbocycles. The van der Waals surface area contributed by atoms with Gasteiger partial charge in [-0.25, -0.2) is 9.97 Å². The van der Waals surface area contributed by atoms with Gasteiger partial charge in [-0.05, 0) is 13.3 Å². The van der Waals surface area contributed by atoms with Gasteiger partial charge in [-0.3, -0.25) is 4.99 Å². The molecule has 1 N–H and O–H groups in total. The van der Waals surface area contributed by atoms with Crippen molar-refractivity contribution >= 4 is 23.6 Å². The van der Waals surface area contributed by atoms with Crippen molar-refractivity contribution in [3.05, 3.63) is 18.1 Å². The molecule has 0 aliphatic heterocycles. The summed E-state index contributed by atoms with van der Waals surface area (Å²) in [4.78, 5) is 16.1. The van der Waals surface area contributed by atoms with Crippen LogP contribution in [0.1, 0.15) is 26.7 Å². The number of aromatic amines is 1. The minimum Gasteiger partial charge on any atom is -0.340 e. The number of imidazole rings is 1. The second-order valence-corrected chi connectivity index (χ2v) is 3.69. The van der Waals surface area contributed by atoms with Crippen LogP contribution >= 0.6 is 12.4 Å². The molecule has 0 bridgehead atoms. The molecule has 5 nitrogen and oxygen atoms in total. The molecule has 0 spiro atoms. The second kappa shape index (κ2) is 6.39. The first-order valence-corrected chi connectivity index (χ1v) is 5.75. The topological polar surface area (TPSA) is 58.9 Å². The number of aromatic nitrogens is 4. The Bertz CT molecular complexity index is 528. The molecule has 2 rings (SSSR count). The number of fused-ring (bicyclic) bond motifs is 1. The number of nitrogens with one attached hydrogen (secondary N) is 1. The lowest BCUT2D eigenvalue weighted by Gasteiger charge is -2.05. The number of unbranched alkanes of at least 4 members (excludes halogenated alkanes) is 1. The molecule has 0 unspecified atom stereocenters. The standard InChI is InChI=1S/C11H17N5.ClH/c1-3-5-6-16-8-15-10(12-4-2)9-11(16)14-7-13-9;/h7-8H,3-6H2,1-2H3,(H,13,14);1H. The number of H-pyrrole nitrogens is 1. The zero-order valence-corrected chi connectivity index (χ0v) is 11.0. The van der Waals surface area contributed by atoms with E-state index in [1.807, 2.05) is 13.3 Å². The van der Waals surface area contributed by atoms with Crippen LogP contribution in [0.3, 0.4) is 0 Å². The molecule has 0 saturated heterocycles. The first kappa shape index (κ1) is 13.7. The molecule has 2 aromatic heterocycles. The summed E-state index contributed by atoms with van der Waals surface area (Å²) >= 11 is 0. The van der Waals surface area contributed by atoms with Crippen molar-refractivity contribution in [3.63, 3.8) is 0 Å². The Morgan fingerprint density at radius 3 is 2.88 bits per heavy atom. The van der Waals surface area contributed by atoms with Gasteiger partial charge in [0.15, 0.2) is 11.1 Å². The van der Waals surface area contributed by atoms with Crippen LogP contribution < -0.4 is 5.49 Å². The van der Waals surface area contributed by atoms with Crippen LogP contribution in [-0.4, -0.2) is 26.1 Å². The van der Waals surface area contributed by atoms with E-state index in [1.54, 1.807) is 6.33 Å². The maximum absolute atomic E-state index is 4.35. The molecule has 0 radical (unpaired) electrons. The summed E-state index contributed by atoms with van der Waals surface area (Å²) in [6.45, 7) is 5.87. The third kappa shape index (κ3) is 2.85. The van der Waals surface area contributed by atoms with Crippen molar-refractivity contribution in [1.29, 1.82) is 0 Å². The number of halogens is 1. The average molecular weight is 256 g/mol. The lowest BCUT2D eigenvalue weighted by atomic mass is 10.3. The Balaban J connectivity index is 0.00000144. The number of hydrogen-bond acceptors (Lipinski definition) is 3. The van der Waals surface area contributed by atoms with E-state index >= 15 is 0 Å². The maximum atomic E-state index is 4.35. The number of aryl methyl sites for hydroxylation is 1. The van der Waals surface area contributed by atoms with Gasteiger partial charge in [0, 0.05) is 13.1 Å². The molecule has 0 saturated carbocycles. The monoisotopic (exact) mass is 255 g/mol. The van der Waals surface area contributed by atoms with Crippen LogP contribution in [0.4, 0.5) is 0 Å². The van der Waals surface area contributed by atoms with Crippen LogP contribution in [0.25, 0.3) is 11.2 Å². The third-order valence-corrected chi connectivity index (χ3v) is 2.49. The molecule has 94 valence electrons. The van der Waals surface area contributed by atoms with Crippen LogP contribution in [0, 0.1) is 0 Å². The third-order valence-electron chi connectivity index (χ3n) is 2.49. The SMILES string of the molecule is CCCCn1cnc(=NCC)c2[nH]cnc21.Cl. The predicted octanol–water partition coefficient (Wildman–Crippen LogP) is 1.90. The van der Waals surface area contributed by atoms with Gasteiger partial charge in [-0.2, -0.15) is 0 Å². The fourth-order valence-electron chi connectivity index (χ4n) is 1.67. The molecule has 0 fully saturated rings. The number of hydrogen-bond donors (Lipinski definition) is 1. The summed E-state index contributed by atoms with van der Waals surface area (Å²) in [6, 6.07) is 0. The van der Waals surface area contributed by atoms with E-state index < -0.39 is 0 Å². The molecule has 0 amide bonds. The van der Waals surface area contributed by atoms with E-state index in [0.717, 1.165) is 36.2 Å². The normalized spacial score (nSPS) is 11.8. The molecule has 0 aliphatic rings. The molecular formula is C11H18ClN5. The fourth-order valence-corrected chi connectivity index (χ4v) is 1.67. The van der Waals surface area contributed by atoms with Crippen LogP contribution in [0.15, 0.2) is 17.6 Å². The van der Waals surface area contributed by atoms with Crippen LogP contribution in [0.5, 0.6) is 0 Å². The van der Waals surface area contributed by atoms with Gasteiger partial charge < -0.3 is 9.55 Å².